The molecule has 186 valence electrons. The van der Waals surface area contributed by atoms with Crippen LogP contribution >= 0.6 is 0 Å². The molecule has 1 saturated heterocycles. The summed E-state index contributed by atoms with van der Waals surface area (Å²) in [6.45, 7) is 1.89. The van der Waals surface area contributed by atoms with Crippen LogP contribution in [0.25, 0.3) is 0 Å². The Kier molecular flexibility index (Phi) is 5.49. The lowest BCUT2D eigenvalue weighted by Crippen LogP contribution is -2.30. The summed E-state index contributed by atoms with van der Waals surface area (Å²) in [4.78, 5) is 28.5. The van der Waals surface area contributed by atoms with Crippen LogP contribution in [0, 0.1) is 12.8 Å². The fraction of sp³-hybridized carbons (Fsp3) is 0.172. The molecule has 6 rings (SSSR count). The highest BCUT2D eigenvalue weighted by Gasteiger charge is 2.53. The normalized spacial score (nSPS) is 19.0. The Morgan fingerprint density at radius 1 is 0.811 bits per heavy atom. The lowest BCUT2D eigenvalue weighted by Gasteiger charge is -2.24. The Balaban J connectivity index is 1.33. The summed E-state index contributed by atoms with van der Waals surface area (Å²) in [5, 5.41) is 0. The molecule has 3 aromatic carbocycles. The van der Waals surface area contributed by atoms with Gasteiger partial charge in [0.2, 0.25) is 11.8 Å². The summed E-state index contributed by atoms with van der Waals surface area (Å²) in [6, 6.07) is 24.4. The molecule has 0 bridgehead atoms. The fourth-order valence-corrected chi connectivity index (χ4v) is 6.64. The summed E-state index contributed by atoms with van der Waals surface area (Å²) < 4.78 is 34.1. The minimum atomic E-state index is -3.93. The minimum Gasteiger partial charge on any atom is -0.457 e. The van der Waals surface area contributed by atoms with Crippen molar-refractivity contribution in [2.45, 2.75) is 30.6 Å². The SMILES string of the molecule is Cc1ccc(S(=O)(=O)n2ccc3c2[C@@H]2C(=O)N(c4ccc(Oc5ccccc5)cc4)C(=O)[C@@H]2CC3)cc1. The van der Waals surface area contributed by atoms with Gasteiger partial charge in [0.15, 0.2) is 0 Å². The second-order valence-electron chi connectivity index (χ2n) is 9.38. The van der Waals surface area contributed by atoms with E-state index in [9.17, 15) is 18.0 Å². The van der Waals surface area contributed by atoms with Gasteiger partial charge in [0, 0.05) is 6.20 Å². The maximum atomic E-state index is 13.7. The van der Waals surface area contributed by atoms with Crippen LogP contribution in [0.3, 0.4) is 0 Å². The van der Waals surface area contributed by atoms with E-state index < -0.39 is 27.8 Å². The van der Waals surface area contributed by atoms with Crippen molar-refractivity contribution in [3.63, 3.8) is 0 Å². The van der Waals surface area contributed by atoms with Crippen molar-refractivity contribution in [1.82, 2.24) is 3.97 Å². The summed E-state index contributed by atoms with van der Waals surface area (Å²) >= 11 is 0. The summed E-state index contributed by atoms with van der Waals surface area (Å²) in [5.41, 5.74) is 2.56. The van der Waals surface area contributed by atoms with Crippen molar-refractivity contribution in [2.75, 3.05) is 4.90 Å². The van der Waals surface area contributed by atoms with Crippen molar-refractivity contribution in [3.05, 3.63) is 108 Å². The van der Waals surface area contributed by atoms with Crippen LogP contribution in [0.1, 0.15) is 29.2 Å². The average molecular weight is 513 g/mol. The number of carbonyl (C=O) groups excluding carboxylic acids is 2. The third-order valence-corrected chi connectivity index (χ3v) is 8.78. The molecular formula is C29H24N2O5S. The molecule has 0 unspecified atom stereocenters. The largest absolute Gasteiger partial charge is 0.457 e. The first-order valence-electron chi connectivity index (χ1n) is 12.1. The molecule has 4 aromatic rings. The zero-order valence-electron chi connectivity index (χ0n) is 20.1. The molecule has 37 heavy (non-hydrogen) atoms. The first-order valence-corrected chi connectivity index (χ1v) is 13.5. The third-order valence-electron chi connectivity index (χ3n) is 7.07. The van der Waals surface area contributed by atoms with E-state index in [2.05, 4.69) is 0 Å². The van der Waals surface area contributed by atoms with Gasteiger partial charge in [0.1, 0.15) is 11.5 Å². The van der Waals surface area contributed by atoms with Crippen molar-refractivity contribution in [2.24, 2.45) is 5.92 Å². The number of imide groups is 1. The van der Waals surface area contributed by atoms with Gasteiger partial charge in [-0.25, -0.2) is 17.3 Å². The topological polar surface area (TPSA) is 85.7 Å². The van der Waals surface area contributed by atoms with E-state index in [1.807, 2.05) is 37.3 Å². The number of ether oxygens (including phenoxy) is 1. The molecule has 0 saturated carbocycles. The van der Waals surface area contributed by atoms with Gasteiger partial charge in [0.25, 0.3) is 10.0 Å². The van der Waals surface area contributed by atoms with Crippen molar-refractivity contribution < 1.29 is 22.7 Å². The van der Waals surface area contributed by atoms with Crippen molar-refractivity contribution in [1.29, 1.82) is 0 Å². The zero-order chi connectivity index (χ0) is 25.7. The van der Waals surface area contributed by atoms with Gasteiger partial charge in [-0.2, -0.15) is 0 Å². The van der Waals surface area contributed by atoms with Crippen LogP contribution in [0.15, 0.2) is 96.0 Å². The summed E-state index contributed by atoms with van der Waals surface area (Å²) in [7, 11) is -3.93. The molecule has 1 aromatic heterocycles. The Bertz CT molecular complexity index is 1610. The van der Waals surface area contributed by atoms with Crippen LogP contribution in [0.2, 0.25) is 0 Å². The highest BCUT2D eigenvalue weighted by atomic mass is 32.2. The smallest absolute Gasteiger partial charge is 0.267 e. The minimum absolute atomic E-state index is 0.140. The molecule has 2 heterocycles. The highest BCUT2D eigenvalue weighted by Crippen LogP contribution is 2.46. The monoisotopic (exact) mass is 512 g/mol. The number of aromatic nitrogens is 1. The molecular weight excluding hydrogens is 488 g/mol. The molecule has 0 radical (unpaired) electrons. The Hall–Kier alpha value is -4.17. The lowest BCUT2D eigenvalue weighted by atomic mass is 9.80. The van der Waals surface area contributed by atoms with Gasteiger partial charge in [-0.1, -0.05) is 35.9 Å². The number of nitrogens with zero attached hydrogens (tertiary/aromatic N) is 2. The van der Waals surface area contributed by atoms with E-state index in [1.165, 1.54) is 15.1 Å². The number of amides is 2. The predicted octanol–water partition coefficient (Wildman–Crippen LogP) is 5.05. The molecule has 8 heteroatoms. The van der Waals surface area contributed by atoms with Crippen LogP contribution in [-0.2, 0) is 26.0 Å². The first kappa shape index (κ1) is 23.2. The first-order chi connectivity index (χ1) is 17.8. The standard InChI is InChI=1S/C29H24N2O5S/c1-19-7-14-24(15-8-19)37(34,35)30-18-17-20-9-16-25-26(27(20)30)29(33)31(28(25)32)21-10-12-23(13-11-21)36-22-5-3-2-4-6-22/h2-8,10-15,17-18,25-26H,9,16H2,1H3/t25-,26-/m1/s1. The number of para-hydroxylation sites is 1. The third kappa shape index (κ3) is 3.84. The van der Waals surface area contributed by atoms with E-state index in [1.54, 1.807) is 54.6 Å². The van der Waals surface area contributed by atoms with Crippen molar-refractivity contribution in [3.8, 4) is 11.5 Å². The van der Waals surface area contributed by atoms with E-state index in [0.717, 1.165) is 11.1 Å². The van der Waals surface area contributed by atoms with Crippen LogP contribution in [0.5, 0.6) is 11.5 Å². The maximum absolute atomic E-state index is 13.7. The Labute approximate surface area is 215 Å². The zero-order valence-corrected chi connectivity index (χ0v) is 20.9. The average Bonchev–Trinajstić information content (AvgIpc) is 3.45. The number of aryl methyl sites for hydroxylation is 2. The quantitative estimate of drug-likeness (QED) is 0.350. The van der Waals surface area contributed by atoms with Crippen LogP contribution < -0.4 is 9.64 Å². The van der Waals surface area contributed by atoms with E-state index >= 15 is 0 Å². The second kappa shape index (κ2) is 8.74. The number of benzene rings is 3. The van der Waals surface area contributed by atoms with E-state index in [0.29, 0.717) is 35.7 Å². The molecule has 1 aliphatic heterocycles. The Morgan fingerprint density at radius 2 is 1.49 bits per heavy atom. The van der Waals surface area contributed by atoms with Crippen LogP contribution in [0.4, 0.5) is 5.69 Å². The maximum Gasteiger partial charge on any atom is 0.267 e. The molecule has 1 fully saturated rings. The number of hydrogen-bond donors (Lipinski definition) is 0. The fourth-order valence-electron chi connectivity index (χ4n) is 5.23. The lowest BCUT2D eigenvalue weighted by molar-refractivity contribution is -0.122. The second-order valence-corrected chi connectivity index (χ2v) is 11.2. The van der Waals surface area contributed by atoms with Crippen molar-refractivity contribution >= 4 is 27.5 Å². The van der Waals surface area contributed by atoms with Gasteiger partial charge in [0.05, 0.1) is 28.1 Å². The molecule has 2 atom stereocenters. The van der Waals surface area contributed by atoms with Gasteiger partial charge < -0.3 is 4.74 Å². The number of anilines is 1. The van der Waals surface area contributed by atoms with E-state index in [4.69, 9.17) is 4.74 Å². The molecule has 0 N–H and O–H groups in total. The summed E-state index contributed by atoms with van der Waals surface area (Å²) in [5.74, 6) is -0.928. The number of carbonyl (C=O) groups is 2. The van der Waals surface area contributed by atoms with Gasteiger partial charge in [-0.15, -0.1) is 0 Å². The van der Waals surface area contributed by atoms with Gasteiger partial charge >= 0.3 is 0 Å². The number of rotatable bonds is 5. The molecule has 1 aliphatic carbocycles. The molecule has 2 aliphatic rings. The van der Waals surface area contributed by atoms with Gasteiger partial charge in [-0.05, 0) is 79.9 Å². The summed E-state index contributed by atoms with van der Waals surface area (Å²) in [6.07, 6.45) is 2.52. The van der Waals surface area contributed by atoms with Crippen LogP contribution in [-0.4, -0.2) is 24.2 Å². The highest BCUT2D eigenvalue weighted by molar-refractivity contribution is 7.90. The molecule has 2 amide bonds. The number of hydrogen-bond acceptors (Lipinski definition) is 5. The predicted molar refractivity (Wildman–Crippen MR) is 138 cm³/mol. The van der Waals surface area contributed by atoms with E-state index in [-0.39, 0.29) is 10.8 Å². The molecule has 0 spiro atoms. The van der Waals surface area contributed by atoms with Gasteiger partial charge in [-0.3, -0.25) is 9.59 Å². The number of fused-ring (bicyclic) bond motifs is 3. The Morgan fingerprint density at radius 3 is 2.19 bits per heavy atom. The molecule has 7 nitrogen and oxygen atoms in total.